The number of benzene rings is 7. The van der Waals surface area contributed by atoms with Gasteiger partial charge in [0.05, 0.1) is 16.4 Å². The van der Waals surface area contributed by atoms with E-state index < -0.39 is 0 Å². The lowest BCUT2D eigenvalue weighted by atomic mass is 10.0. The summed E-state index contributed by atoms with van der Waals surface area (Å²) in [6.45, 7) is 0. The first kappa shape index (κ1) is 28.1. The predicted molar refractivity (Wildman–Crippen MR) is 214 cm³/mol. The third-order valence-corrected chi connectivity index (χ3v) is 13.7. The first-order valence-corrected chi connectivity index (χ1v) is 19.3. The molecule has 238 valence electrons. The van der Waals surface area contributed by atoms with E-state index in [1.165, 1.54) is 40.4 Å². The molecule has 11 aromatic rings. The normalized spacial score (nSPS) is 12.9. The SMILES string of the molecule is c1ccc2c(c1)Sc1ccc(-c3nc(-n4c5ccccc5c5cc6ccc7c8ccccc8oc7c6cc54)c4c(n3)sc3ccccc34)cc1S2. The fourth-order valence-electron chi connectivity index (χ4n) is 7.76. The summed E-state index contributed by atoms with van der Waals surface area (Å²) in [4.78, 5) is 16.9. The highest BCUT2D eigenvalue weighted by molar-refractivity contribution is 8.05. The Morgan fingerprint density at radius 1 is 0.510 bits per heavy atom. The maximum absolute atomic E-state index is 6.56. The van der Waals surface area contributed by atoms with Gasteiger partial charge in [-0.15, -0.1) is 11.3 Å². The van der Waals surface area contributed by atoms with Gasteiger partial charge in [0, 0.05) is 62.2 Å². The molecule has 7 heteroatoms. The zero-order chi connectivity index (χ0) is 33.2. The van der Waals surface area contributed by atoms with Crippen molar-refractivity contribution < 1.29 is 4.42 Å². The molecule has 51 heavy (non-hydrogen) atoms. The molecule has 0 saturated carbocycles. The number of nitrogens with zero attached hydrogens (tertiary/aromatic N) is 3. The Balaban J connectivity index is 1.17. The third-order valence-electron chi connectivity index (χ3n) is 10.1. The van der Waals surface area contributed by atoms with E-state index in [9.17, 15) is 0 Å². The highest BCUT2D eigenvalue weighted by Crippen LogP contribution is 2.49. The summed E-state index contributed by atoms with van der Waals surface area (Å²) in [6.07, 6.45) is 0. The Kier molecular flexibility index (Phi) is 5.77. The van der Waals surface area contributed by atoms with Gasteiger partial charge < -0.3 is 4.42 Å². The first-order chi connectivity index (χ1) is 25.2. The highest BCUT2D eigenvalue weighted by Gasteiger charge is 2.23. The number of thiophene rings is 1. The van der Waals surface area contributed by atoms with E-state index in [2.05, 4.69) is 132 Å². The Morgan fingerprint density at radius 3 is 2.16 bits per heavy atom. The zero-order valence-electron chi connectivity index (χ0n) is 26.8. The summed E-state index contributed by atoms with van der Waals surface area (Å²) in [6, 6.07) is 49.9. The van der Waals surface area contributed by atoms with Gasteiger partial charge in [-0.05, 0) is 72.1 Å². The maximum atomic E-state index is 6.56. The van der Waals surface area contributed by atoms with E-state index in [0.717, 1.165) is 71.2 Å². The van der Waals surface area contributed by atoms with Crippen LogP contribution < -0.4 is 0 Å². The molecule has 0 spiro atoms. The van der Waals surface area contributed by atoms with Gasteiger partial charge >= 0.3 is 0 Å². The predicted octanol–water partition coefficient (Wildman–Crippen LogP) is 13.3. The fourth-order valence-corrected chi connectivity index (χ4v) is 11.1. The van der Waals surface area contributed by atoms with E-state index >= 15 is 0 Å². The number of rotatable bonds is 2. The van der Waals surface area contributed by atoms with Crippen molar-refractivity contribution in [2.45, 2.75) is 19.6 Å². The van der Waals surface area contributed by atoms with Crippen molar-refractivity contribution >= 4 is 110 Å². The number of hydrogen-bond acceptors (Lipinski definition) is 6. The molecule has 1 aliphatic heterocycles. The minimum Gasteiger partial charge on any atom is -0.455 e. The van der Waals surface area contributed by atoms with Crippen molar-refractivity contribution in [3.05, 3.63) is 140 Å². The van der Waals surface area contributed by atoms with Crippen molar-refractivity contribution in [2.24, 2.45) is 0 Å². The van der Waals surface area contributed by atoms with Crippen LogP contribution in [-0.4, -0.2) is 14.5 Å². The van der Waals surface area contributed by atoms with E-state index in [4.69, 9.17) is 14.4 Å². The Bertz CT molecular complexity index is 3280. The molecule has 0 N–H and O–H groups in total. The molecule has 4 aromatic heterocycles. The Labute approximate surface area is 303 Å². The molecule has 12 rings (SSSR count). The molecule has 0 atom stereocenters. The van der Waals surface area contributed by atoms with E-state index in [1.54, 1.807) is 11.3 Å². The van der Waals surface area contributed by atoms with Crippen LogP contribution in [0, 0.1) is 0 Å². The summed E-state index contributed by atoms with van der Waals surface area (Å²) in [7, 11) is 0. The molecule has 0 amide bonds. The second-order valence-electron chi connectivity index (χ2n) is 12.9. The molecular formula is C44H23N3OS3. The lowest BCUT2D eigenvalue weighted by Crippen LogP contribution is -2.02. The largest absolute Gasteiger partial charge is 0.455 e. The molecule has 0 saturated heterocycles. The second-order valence-corrected chi connectivity index (χ2v) is 16.1. The first-order valence-electron chi connectivity index (χ1n) is 16.8. The Morgan fingerprint density at radius 2 is 1.25 bits per heavy atom. The van der Waals surface area contributed by atoms with E-state index in [0.29, 0.717) is 0 Å². The van der Waals surface area contributed by atoms with Crippen molar-refractivity contribution in [2.75, 3.05) is 0 Å². The summed E-state index contributed by atoms with van der Waals surface area (Å²) < 4.78 is 10.1. The average Bonchev–Trinajstić information content (AvgIpc) is 3.85. The van der Waals surface area contributed by atoms with Gasteiger partial charge in [0.2, 0.25) is 0 Å². The highest BCUT2D eigenvalue weighted by atomic mass is 32.2. The van der Waals surface area contributed by atoms with Crippen LogP contribution in [0.5, 0.6) is 0 Å². The van der Waals surface area contributed by atoms with Crippen LogP contribution in [0.3, 0.4) is 0 Å². The van der Waals surface area contributed by atoms with Gasteiger partial charge in [0.25, 0.3) is 0 Å². The van der Waals surface area contributed by atoms with Crippen molar-refractivity contribution in [1.29, 1.82) is 0 Å². The van der Waals surface area contributed by atoms with Gasteiger partial charge in [-0.1, -0.05) is 96.3 Å². The third kappa shape index (κ3) is 4.05. The lowest BCUT2D eigenvalue weighted by Gasteiger charge is -2.18. The number of aromatic nitrogens is 3. The zero-order valence-corrected chi connectivity index (χ0v) is 29.2. The topological polar surface area (TPSA) is 43.9 Å². The van der Waals surface area contributed by atoms with Crippen LogP contribution in [0.25, 0.3) is 92.0 Å². The molecule has 4 nitrogen and oxygen atoms in total. The molecule has 0 radical (unpaired) electrons. The molecule has 0 aliphatic carbocycles. The molecule has 5 heterocycles. The van der Waals surface area contributed by atoms with Gasteiger partial charge in [-0.25, -0.2) is 9.97 Å². The fraction of sp³-hybridized carbons (Fsp3) is 0. The van der Waals surface area contributed by atoms with E-state index in [1.807, 2.05) is 35.7 Å². The maximum Gasteiger partial charge on any atom is 0.163 e. The van der Waals surface area contributed by atoms with Crippen molar-refractivity contribution in [1.82, 2.24) is 14.5 Å². The molecule has 7 aromatic carbocycles. The number of fused-ring (bicyclic) bond motifs is 13. The quantitative estimate of drug-likeness (QED) is 0.179. The van der Waals surface area contributed by atoms with Crippen LogP contribution in [-0.2, 0) is 0 Å². The molecular weight excluding hydrogens is 683 g/mol. The van der Waals surface area contributed by atoms with Crippen LogP contribution >= 0.6 is 34.9 Å². The monoisotopic (exact) mass is 705 g/mol. The Hall–Kier alpha value is -5.60. The van der Waals surface area contributed by atoms with Crippen LogP contribution in [0.4, 0.5) is 0 Å². The molecule has 0 fully saturated rings. The van der Waals surface area contributed by atoms with Crippen LogP contribution in [0.2, 0.25) is 0 Å². The average molecular weight is 706 g/mol. The van der Waals surface area contributed by atoms with Crippen LogP contribution in [0.15, 0.2) is 164 Å². The summed E-state index contributed by atoms with van der Waals surface area (Å²) in [5.74, 6) is 1.61. The second kappa shape index (κ2) is 10.5. The van der Waals surface area contributed by atoms with Gasteiger partial charge in [-0.3, -0.25) is 4.57 Å². The number of furan rings is 1. The van der Waals surface area contributed by atoms with Crippen molar-refractivity contribution in [3.63, 3.8) is 0 Å². The molecule has 1 aliphatic rings. The standard InChI is InChI=1S/C44H23N3OS3/c1-4-12-32-26(9-1)31-21-24-17-19-28-27-10-2-5-13-34(27)48-41(28)30(24)23-33(31)47(32)43-40-29-11-3-6-14-35(29)51-44(40)46-42(45-43)25-18-20-38-39(22-25)50-37-16-8-7-15-36(37)49-38/h1-23H. The minimum atomic E-state index is 0.725. The smallest absolute Gasteiger partial charge is 0.163 e. The van der Waals surface area contributed by atoms with E-state index in [-0.39, 0.29) is 0 Å². The number of para-hydroxylation sites is 2. The van der Waals surface area contributed by atoms with Crippen molar-refractivity contribution in [3.8, 4) is 17.2 Å². The minimum absolute atomic E-state index is 0.725. The van der Waals surface area contributed by atoms with Crippen LogP contribution in [0.1, 0.15) is 0 Å². The molecule has 0 unspecified atom stereocenters. The summed E-state index contributed by atoms with van der Waals surface area (Å²) in [5.41, 5.74) is 5.02. The molecule has 0 bridgehead atoms. The van der Waals surface area contributed by atoms with Gasteiger partial charge in [-0.2, -0.15) is 0 Å². The van der Waals surface area contributed by atoms with Gasteiger partial charge in [0.15, 0.2) is 11.6 Å². The van der Waals surface area contributed by atoms with Gasteiger partial charge in [0.1, 0.15) is 16.0 Å². The summed E-state index contributed by atoms with van der Waals surface area (Å²) >= 11 is 5.38. The lowest BCUT2D eigenvalue weighted by molar-refractivity contribution is 0.672. The number of hydrogen-bond donors (Lipinski definition) is 0. The summed E-state index contributed by atoms with van der Waals surface area (Å²) in [5, 5.41) is 9.10.